The molecule has 2 aromatic rings. The van der Waals surface area contributed by atoms with Gasteiger partial charge in [-0.2, -0.15) is 0 Å². The number of carbonyl (C=O) groups is 1. The van der Waals surface area contributed by atoms with Gasteiger partial charge in [-0.15, -0.1) is 0 Å². The molecule has 1 amide bonds. The molecular formula is C20H23ClN2O2. The second-order valence-electron chi connectivity index (χ2n) is 6.43. The van der Waals surface area contributed by atoms with Crippen LogP contribution in [0.4, 0.5) is 0 Å². The molecule has 1 heterocycles. The smallest absolute Gasteiger partial charge is 0.227 e. The van der Waals surface area contributed by atoms with Crippen LogP contribution in [-0.2, 0) is 17.8 Å². The maximum Gasteiger partial charge on any atom is 0.227 e. The monoisotopic (exact) mass is 358 g/mol. The molecular weight excluding hydrogens is 336 g/mol. The SMILES string of the molecule is NC[C@@H]1CCN(C(=O)Cc2cccc(OCc3ccccc3Cl)c2)C1. The quantitative estimate of drug-likeness (QED) is 0.862. The Kier molecular flexibility index (Phi) is 5.95. The lowest BCUT2D eigenvalue weighted by molar-refractivity contribution is -0.129. The summed E-state index contributed by atoms with van der Waals surface area (Å²) in [5.41, 5.74) is 7.59. The van der Waals surface area contributed by atoms with Crippen LogP contribution in [0.25, 0.3) is 0 Å². The molecule has 1 fully saturated rings. The van der Waals surface area contributed by atoms with Gasteiger partial charge in [0.1, 0.15) is 12.4 Å². The van der Waals surface area contributed by atoms with Crippen LogP contribution < -0.4 is 10.5 Å². The number of carbonyl (C=O) groups excluding carboxylic acids is 1. The first-order valence-electron chi connectivity index (χ1n) is 8.58. The number of likely N-dealkylation sites (tertiary alicyclic amines) is 1. The Hall–Kier alpha value is -2.04. The fourth-order valence-corrected chi connectivity index (χ4v) is 3.25. The van der Waals surface area contributed by atoms with E-state index in [9.17, 15) is 4.79 Å². The molecule has 0 saturated carbocycles. The van der Waals surface area contributed by atoms with Crippen molar-refractivity contribution in [3.8, 4) is 5.75 Å². The number of amides is 1. The summed E-state index contributed by atoms with van der Waals surface area (Å²) in [6, 6.07) is 15.3. The lowest BCUT2D eigenvalue weighted by Crippen LogP contribution is -2.31. The van der Waals surface area contributed by atoms with Gasteiger partial charge in [-0.1, -0.05) is 41.9 Å². The minimum absolute atomic E-state index is 0.152. The van der Waals surface area contributed by atoms with E-state index in [-0.39, 0.29) is 5.91 Å². The number of hydrogen-bond acceptors (Lipinski definition) is 3. The van der Waals surface area contributed by atoms with E-state index in [0.29, 0.717) is 30.5 Å². The summed E-state index contributed by atoms with van der Waals surface area (Å²) in [6.07, 6.45) is 1.39. The minimum Gasteiger partial charge on any atom is -0.489 e. The molecule has 2 aromatic carbocycles. The van der Waals surface area contributed by atoms with Crippen molar-refractivity contribution >= 4 is 17.5 Å². The topological polar surface area (TPSA) is 55.6 Å². The zero-order chi connectivity index (χ0) is 17.6. The zero-order valence-electron chi connectivity index (χ0n) is 14.2. The molecule has 132 valence electrons. The van der Waals surface area contributed by atoms with Crippen molar-refractivity contribution in [1.82, 2.24) is 4.90 Å². The van der Waals surface area contributed by atoms with Gasteiger partial charge in [0.15, 0.2) is 0 Å². The van der Waals surface area contributed by atoms with E-state index in [1.54, 1.807) is 0 Å². The van der Waals surface area contributed by atoms with E-state index in [1.165, 1.54) is 0 Å². The van der Waals surface area contributed by atoms with Crippen molar-refractivity contribution in [3.63, 3.8) is 0 Å². The maximum absolute atomic E-state index is 12.4. The first-order valence-corrected chi connectivity index (χ1v) is 8.96. The first-order chi connectivity index (χ1) is 12.2. The molecule has 25 heavy (non-hydrogen) atoms. The Labute approximate surface area is 153 Å². The molecule has 2 N–H and O–H groups in total. The molecule has 3 rings (SSSR count). The van der Waals surface area contributed by atoms with Crippen molar-refractivity contribution in [2.45, 2.75) is 19.4 Å². The van der Waals surface area contributed by atoms with Crippen LogP contribution in [-0.4, -0.2) is 30.4 Å². The highest BCUT2D eigenvalue weighted by atomic mass is 35.5. The second-order valence-corrected chi connectivity index (χ2v) is 6.84. The van der Waals surface area contributed by atoms with Gasteiger partial charge in [0, 0.05) is 23.7 Å². The summed E-state index contributed by atoms with van der Waals surface area (Å²) in [5.74, 6) is 1.33. The van der Waals surface area contributed by atoms with E-state index >= 15 is 0 Å². The van der Waals surface area contributed by atoms with Crippen molar-refractivity contribution < 1.29 is 9.53 Å². The highest BCUT2D eigenvalue weighted by Crippen LogP contribution is 2.21. The van der Waals surface area contributed by atoms with Gasteiger partial charge >= 0.3 is 0 Å². The fourth-order valence-electron chi connectivity index (χ4n) is 3.06. The number of nitrogens with two attached hydrogens (primary N) is 1. The molecule has 1 aliphatic heterocycles. The molecule has 1 atom stereocenters. The third-order valence-electron chi connectivity index (χ3n) is 4.58. The van der Waals surface area contributed by atoms with Crippen LogP contribution in [0.3, 0.4) is 0 Å². The van der Waals surface area contributed by atoms with Gasteiger partial charge < -0.3 is 15.4 Å². The Morgan fingerprint density at radius 2 is 2.08 bits per heavy atom. The van der Waals surface area contributed by atoms with E-state index in [4.69, 9.17) is 22.1 Å². The van der Waals surface area contributed by atoms with Gasteiger partial charge in [0.2, 0.25) is 5.91 Å². The van der Waals surface area contributed by atoms with E-state index in [2.05, 4.69) is 0 Å². The molecule has 4 nitrogen and oxygen atoms in total. The Morgan fingerprint density at radius 3 is 2.84 bits per heavy atom. The number of nitrogens with zero attached hydrogens (tertiary/aromatic N) is 1. The second kappa shape index (κ2) is 8.37. The predicted octanol–water partition coefficient (Wildman–Crippen LogP) is 3.27. The zero-order valence-corrected chi connectivity index (χ0v) is 14.9. The number of ether oxygens (including phenoxy) is 1. The van der Waals surface area contributed by atoms with Crippen LogP contribution in [0.5, 0.6) is 5.75 Å². The standard InChI is InChI=1S/C20H23ClN2O2/c21-19-7-2-1-5-17(19)14-25-18-6-3-4-15(10-18)11-20(24)23-9-8-16(12-22)13-23/h1-7,10,16H,8-9,11-14,22H2/t16-/m0/s1. The third kappa shape index (κ3) is 4.74. The first kappa shape index (κ1) is 17.8. The Bertz CT molecular complexity index is 735. The average molecular weight is 359 g/mol. The van der Waals surface area contributed by atoms with Crippen LogP contribution >= 0.6 is 11.6 Å². The number of hydrogen-bond donors (Lipinski definition) is 1. The third-order valence-corrected chi connectivity index (χ3v) is 4.95. The summed E-state index contributed by atoms with van der Waals surface area (Å²) >= 11 is 6.15. The molecule has 5 heteroatoms. The van der Waals surface area contributed by atoms with Gasteiger partial charge in [0.05, 0.1) is 6.42 Å². The summed E-state index contributed by atoms with van der Waals surface area (Å²) < 4.78 is 5.83. The van der Waals surface area contributed by atoms with E-state index < -0.39 is 0 Å². The average Bonchev–Trinajstić information content (AvgIpc) is 3.11. The number of rotatable bonds is 6. The maximum atomic E-state index is 12.4. The number of benzene rings is 2. The lowest BCUT2D eigenvalue weighted by atomic mass is 10.1. The molecule has 0 unspecified atom stereocenters. The fraction of sp³-hybridized carbons (Fsp3) is 0.350. The lowest BCUT2D eigenvalue weighted by Gasteiger charge is -2.16. The highest BCUT2D eigenvalue weighted by Gasteiger charge is 2.25. The van der Waals surface area contributed by atoms with Crippen molar-refractivity contribution in [3.05, 3.63) is 64.7 Å². The molecule has 0 aromatic heterocycles. The summed E-state index contributed by atoms with van der Waals surface area (Å²) in [5, 5.41) is 0.692. The van der Waals surface area contributed by atoms with Gasteiger partial charge in [-0.05, 0) is 42.6 Å². The predicted molar refractivity (Wildman–Crippen MR) is 99.7 cm³/mol. The Morgan fingerprint density at radius 1 is 1.24 bits per heavy atom. The largest absolute Gasteiger partial charge is 0.489 e. The normalized spacial score (nSPS) is 16.9. The van der Waals surface area contributed by atoms with Crippen molar-refractivity contribution in [2.75, 3.05) is 19.6 Å². The summed E-state index contributed by atoms with van der Waals surface area (Å²) in [4.78, 5) is 14.3. The van der Waals surface area contributed by atoms with Crippen LogP contribution in [0, 0.1) is 5.92 Å². The number of halogens is 1. The highest BCUT2D eigenvalue weighted by molar-refractivity contribution is 6.31. The van der Waals surface area contributed by atoms with Crippen LogP contribution in [0.2, 0.25) is 5.02 Å². The molecule has 1 aliphatic rings. The molecule has 0 radical (unpaired) electrons. The van der Waals surface area contributed by atoms with E-state index in [0.717, 1.165) is 36.4 Å². The molecule has 0 aliphatic carbocycles. The Balaban J connectivity index is 1.58. The van der Waals surface area contributed by atoms with Gasteiger partial charge in [-0.25, -0.2) is 0 Å². The van der Waals surface area contributed by atoms with Crippen LogP contribution in [0.15, 0.2) is 48.5 Å². The van der Waals surface area contributed by atoms with E-state index in [1.807, 2.05) is 53.4 Å². The van der Waals surface area contributed by atoms with Crippen LogP contribution in [0.1, 0.15) is 17.5 Å². The summed E-state index contributed by atoms with van der Waals surface area (Å²) in [6.45, 7) is 2.64. The summed E-state index contributed by atoms with van der Waals surface area (Å²) in [7, 11) is 0. The molecule has 1 saturated heterocycles. The van der Waals surface area contributed by atoms with Crippen molar-refractivity contribution in [1.29, 1.82) is 0 Å². The van der Waals surface area contributed by atoms with Crippen molar-refractivity contribution in [2.24, 2.45) is 11.7 Å². The molecule has 0 bridgehead atoms. The molecule has 0 spiro atoms. The van der Waals surface area contributed by atoms with Gasteiger partial charge in [0.25, 0.3) is 0 Å². The van der Waals surface area contributed by atoms with Gasteiger partial charge in [-0.3, -0.25) is 4.79 Å². The minimum atomic E-state index is 0.152.